The van der Waals surface area contributed by atoms with E-state index in [-0.39, 0.29) is 11.3 Å². The van der Waals surface area contributed by atoms with Crippen LogP contribution in [0.2, 0.25) is 10.0 Å². The average molecular weight is 409 g/mol. The molecular weight excluding hydrogens is 387 g/mol. The first-order chi connectivity index (χ1) is 12.9. The van der Waals surface area contributed by atoms with E-state index in [9.17, 15) is 14.7 Å². The van der Waals surface area contributed by atoms with Crippen molar-refractivity contribution in [3.8, 4) is 11.1 Å². The molecular formula is C20H22Cl2N2O3. The smallest absolute Gasteiger partial charge is 0.337 e. The van der Waals surface area contributed by atoms with Crippen LogP contribution >= 0.6 is 23.2 Å². The SMILES string of the molecule is CCCCCCNC(=O)Nc1c(C(=O)O)cccc1-c1ccc(Cl)c(Cl)c1. The van der Waals surface area contributed by atoms with E-state index in [4.69, 9.17) is 23.2 Å². The number of urea groups is 1. The highest BCUT2D eigenvalue weighted by molar-refractivity contribution is 6.42. The maximum absolute atomic E-state index is 12.3. The zero-order valence-corrected chi connectivity index (χ0v) is 16.5. The molecule has 0 aliphatic rings. The normalized spacial score (nSPS) is 10.5. The summed E-state index contributed by atoms with van der Waals surface area (Å²) in [6, 6.07) is 9.34. The van der Waals surface area contributed by atoms with Crippen LogP contribution in [0.5, 0.6) is 0 Å². The molecule has 0 atom stereocenters. The molecule has 0 saturated heterocycles. The maximum atomic E-state index is 12.3. The quantitative estimate of drug-likeness (QED) is 0.464. The predicted molar refractivity (Wildman–Crippen MR) is 110 cm³/mol. The number of anilines is 1. The first kappa shape index (κ1) is 21.1. The molecule has 2 aromatic rings. The predicted octanol–water partition coefficient (Wildman–Crippen LogP) is 6.06. The standard InChI is InChI=1S/C20H22Cl2N2O3/c1-2-3-4-5-11-23-20(27)24-18-14(7-6-8-15(18)19(25)26)13-9-10-16(21)17(22)12-13/h6-10,12H,2-5,11H2,1H3,(H,25,26)(H2,23,24,27). The molecule has 0 aromatic heterocycles. The summed E-state index contributed by atoms with van der Waals surface area (Å²) < 4.78 is 0. The van der Waals surface area contributed by atoms with Gasteiger partial charge in [-0.2, -0.15) is 0 Å². The van der Waals surface area contributed by atoms with Crippen molar-refractivity contribution >= 4 is 40.9 Å². The molecule has 7 heteroatoms. The van der Waals surface area contributed by atoms with E-state index in [0.717, 1.165) is 25.7 Å². The number of para-hydroxylation sites is 1. The molecule has 2 rings (SSSR count). The summed E-state index contributed by atoms with van der Waals surface area (Å²) in [5.74, 6) is -1.13. The Morgan fingerprint density at radius 3 is 2.48 bits per heavy atom. The molecule has 0 heterocycles. The Kier molecular flexibility index (Phi) is 7.95. The molecule has 0 fully saturated rings. The Labute approximate surface area is 168 Å². The third-order valence-electron chi connectivity index (χ3n) is 4.08. The van der Waals surface area contributed by atoms with Crippen LogP contribution in [0.3, 0.4) is 0 Å². The van der Waals surface area contributed by atoms with Crippen LogP contribution in [0.4, 0.5) is 10.5 Å². The molecule has 0 aliphatic carbocycles. The fourth-order valence-corrected chi connectivity index (χ4v) is 2.98. The van der Waals surface area contributed by atoms with Crippen molar-refractivity contribution in [3.63, 3.8) is 0 Å². The number of amides is 2. The number of aromatic carboxylic acids is 1. The number of carboxylic acids is 1. The number of rotatable bonds is 8. The number of halogens is 2. The van der Waals surface area contributed by atoms with Gasteiger partial charge in [-0.1, -0.05) is 67.6 Å². The number of carboxylic acid groups (broad SMARTS) is 1. The minimum atomic E-state index is -1.13. The Hall–Kier alpha value is -2.24. The second-order valence-corrected chi connectivity index (χ2v) is 6.92. The second-order valence-electron chi connectivity index (χ2n) is 6.10. The van der Waals surface area contributed by atoms with Crippen LogP contribution in [0.1, 0.15) is 43.0 Å². The lowest BCUT2D eigenvalue weighted by Gasteiger charge is -2.15. The van der Waals surface area contributed by atoms with Crippen molar-refractivity contribution in [1.82, 2.24) is 5.32 Å². The van der Waals surface area contributed by atoms with Gasteiger partial charge in [0.25, 0.3) is 0 Å². The molecule has 0 spiro atoms. The fourth-order valence-electron chi connectivity index (χ4n) is 2.68. The number of carbonyl (C=O) groups is 2. The Morgan fingerprint density at radius 2 is 1.81 bits per heavy atom. The van der Waals surface area contributed by atoms with Crippen LogP contribution in [0.25, 0.3) is 11.1 Å². The number of nitrogens with one attached hydrogen (secondary N) is 2. The molecule has 2 amide bonds. The molecule has 0 saturated carbocycles. The molecule has 5 nitrogen and oxygen atoms in total. The van der Waals surface area contributed by atoms with Crippen molar-refractivity contribution < 1.29 is 14.7 Å². The zero-order valence-electron chi connectivity index (χ0n) is 15.0. The number of hydrogen-bond donors (Lipinski definition) is 3. The summed E-state index contributed by atoms with van der Waals surface area (Å²) in [4.78, 5) is 23.9. The van der Waals surface area contributed by atoms with Crippen LogP contribution in [-0.2, 0) is 0 Å². The number of carbonyl (C=O) groups excluding carboxylic acids is 1. The van der Waals surface area contributed by atoms with Crippen LogP contribution < -0.4 is 10.6 Å². The third-order valence-corrected chi connectivity index (χ3v) is 4.82. The summed E-state index contributed by atoms with van der Waals surface area (Å²) in [5, 5.41) is 15.7. The molecule has 27 heavy (non-hydrogen) atoms. The molecule has 144 valence electrons. The van der Waals surface area contributed by atoms with Gasteiger partial charge in [0.05, 0.1) is 21.3 Å². The summed E-state index contributed by atoms with van der Waals surface area (Å²) in [6.45, 7) is 2.65. The molecule has 0 unspecified atom stereocenters. The lowest BCUT2D eigenvalue weighted by Crippen LogP contribution is -2.30. The van der Waals surface area contributed by atoms with E-state index in [0.29, 0.717) is 27.7 Å². The van der Waals surface area contributed by atoms with Gasteiger partial charge in [-0.3, -0.25) is 0 Å². The molecule has 3 N–H and O–H groups in total. The van der Waals surface area contributed by atoms with E-state index in [1.54, 1.807) is 30.3 Å². The van der Waals surface area contributed by atoms with Crippen molar-refractivity contribution in [2.75, 3.05) is 11.9 Å². The summed E-state index contributed by atoms with van der Waals surface area (Å²) >= 11 is 12.0. The zero-order chi connectivity index (χ0) is 19.8. The largest absolute Gasteiger partial charge is 0.478 e. The lowest BCUT2D eigenvalue weighted by atomic mass is 10.00. The molecule has 2 aromatic carbocycles. The minimum absolute atomic E-state index is 0.000273. The fraction of sp³-hybridized carbons (Fsp3) is 0.300. The summed E-state index contributed by atoms with van der Waals surface area (Å²) in [5.41, 5.74) is 1.43. The van der Waals surface area contributed by atoms with Crippen molar-refractivity contribution in [1.29, 1.82) is 0 Å². The van der Waals surface area contributed by atoms with Gasteiger partial charge >= 0.3 is 12.0 Å². The van der Waals surface area contributed by atoms with E-state index >= 15 is 0 Å². The summed E-state index contributed by atoms with van der Waals surface area (Å²) in [6.07, 6.45) is 4.15. The van der Waals surface area contributed by atoms with Crippen molar-refractivity contribution in [2.45, 2.75) is 32.6 Å². The number of benzene rings is 2. The third kappa shape index (κ3) is 5.88. The van der Waals surface area contributed by atoms with Gasteiger partial charge in [0.2, 0.25) is 0 Å². The Balaban J connectivity index is 2.26. The van der Waals surface area contributed by atoms with Crippen molar-refractivity contribution in [3.05, 3.63) is 52.0 Å². The highest BCUT2D eigenvalue weighted by atomic mass is 35.5. The highest BCUT2D eigenvalue weighted by Crippen LogP contribution is 2.34. The lowest BCUT2D eigenvalue weighted by molar-refractivity contribution is 0.0698. The van der Waals surface area contributed by atoms with Crippen molar-refractivity contribution in [2.24, 2.45) is 0 Å². The van der Waals surface area contributed by atoms with Gasteiger partial charge in [0.1, 0.15) is 0 Å². The topological polar surface area (TPSA) is 78.4 Å². The van der Waals surface area contributed by atoms with Gasteiger partial charge in [-0.25, -0.2) is 9.59 Å². The first-order valence-electron chi connectivity index (χ1n) is 8.80. The van der Waals surface area contributed by atoms with Gasteiger partial charge in [-0.05, 0) is 30.2 Å². The highest BCUT2D eigenvalue weighted by Gasteiger charge is 2.18. The van der Waals surface area contributed by atoms with E-state index in [1.165, 1.54) is 6.07 Å². The molecule has 0 aliphatic heterocycles. The maximum Gasteiger partial charge on any atom is 0.337 e. The molecule has 0 radical (unpaired) electrons. The van der Waals surface area contributed by atoms with Crippen LogP contribution in [0.15, 0.2) is 36.4 Å². The van der Waals surface area contributed by atoms with E-state index in [2.05, 4.69) is 17.6 Å². The number of unbranched alkanes of at least 4 members (excludes halogenated alkanes) is 3. The first-order valence-corrected chi connectivity index (χ1v) is 9.56. The average Bonchev–Trinajstić information content (AvgIpc) is 2.64. The Morgan fingerprint density at radius 1 is 1.04 bits per heavy atom. The van der Waals surface area contributed by atoms with Crippen LogP contribution in [-0.4, -0.2) is 23.7 Å². The van der Waals surface area contributed by atoms with E-state index in [1.807, 2.05) is 0 Å². The Bertz CT molecular complexity index is 825. The van der Waals surface area contributed by atoms with Gasteiger partial charge in [0, 0.05) is 12.1 Å². The summed E-state index contributed by atoms with van der Waals surface area (Å²) in [7, 11) is 0. The van der Waals surface area contributed by atoms with E-state index < -0.39 is 12.0 Å². The molecule has 0 bridgehead atoms. The second kappa shape index (κ2) is 10.2. The minimum Gasteiger partial charge on any atom is -0.478 e. The number of hydrogen-bond acceptors (Lipinski definition) is 2. The van der Waals surface area contributed by atoms with Gasteiger partial charge in [-0.15, -0.1) is 0 Å². The monoisotopic (exact) mass is 408 g/mol. The van der Waals surface area contributed by atoms with Gasteiger partial charge in [0.15, 0.2) is 0 Å². The van der Waals surface area contributed by atoms with Crippen LogP contribution in [0, 0.1) is 0 Å². The van der Waals surface area contributed by atoms with Gasteiger partial charge < -0.3 is 15.7 Å².